The van der Waals surface area contributed by atoms with Crippen molar-refractivity contribution in [2.24, 2.45) is 0 Å². The molecule has 7 heteroatoms. The highest BCUT2D eigenvalue weighted by Gasteiger charge is 2.13. The van der Waals surface area contributed by atoms with E-state index in [9.17, 15) is 9.18 Å². The van der Waals surface area contributed by atoms with Gasteiger partial charge in [0.1, 0.15) is 5.82 Å². The van der Waals surface area contributed by atoms with E-state index >= 15 is 0 Å². The Labute approximate surface area is 151 Å². The summed E-state index contributed by atoms with van der Waals surface area (Å²) in [6, 6.07) is 7.98. The van der Waals surface area contributed by atoms with Crippen molar-refractivity contribution in [2.45, 2.75) is 13.1 Å². The predicted molar refractivity (Wildman–Crippen MR) is 94.6 cm³/mol. The lowest BCUT2D eigenvalue weighted by molar-refractivity contribution is -0.122. The van der Waals surface area contributed by atoms with Gasteiger partial charge in [-0.15, -0.1) is 0 Å². The lowest BCUT2D eigenvalue weighted by Gasteiger charge is -2.22. The van der Waals surface area contributed by atoms with Crippen LogP contribution in [0, 0.1) is 5.82 Å². The average molecular weight is 366 g/mol. The number of carbonyl (C=O) groups excluding carboxylic acids is 1. The number of aromatic nitrogens is 1. The van der Waals surface area contributed by atoms with Crippen LogP contribution in [0.15, 0.2) is 42.7 Å². The minimum absolute atomic E-state index is 0.113. The number of benzene rings is 1. The van der Waals surface area contributed by atoms with Crippen LogP contribution in [0.4, 0.5) is 4.39 Å². The van der Waals surface area contributed by atoms with Crippen LogP contribution >= 0.6 is 11.6 Å². The molecule has 0 saturated heterocycles. The summed E-state index contributed by atoms with van der Waals surface area (Å²) in [6.07, 6.45) is 3.39. The molecule has 0 aliphatic carbocycles. The minimum Gasteiger partial charge on any atom is -0.383 e. The van der Waals surface area contributed by atoms with Gasteiger partial charge in [0.2, 0.25) is 5.91 Å². The van der Waals surface area contributed by atoms with E-state index in [-0.39, 0.29) is 18.3 Å². The monoisotopic (exact) mass is 365 g/mol. The first-order chi connectivity index (χ1) is 12.1. The van der Waals surface area contributed by atoms with Gasteiger partial charge in [-0.2, -0.15) is 0 Å². The molecule has 0 spiro atoms. The first-order valence-electron chi connectivity index (χ1n) is 7.89. The van der Waals surface area contributed by atoms with Gasteiger partial charge in [0.05, 0.1) is 13.2 Å². The number of nitrogens with one attached hydrogen (secondary N) is 1. The summed E-state index contributed by atoms with van der Waals surface area (Å²) < 4.78 is 18.3. The zero-order valence-corrected chi connectivity index (χ0v) is 14.8. The van der Waals surface area contributed by atoms with E-state index in [0.29, 0.717) is 31.3 Å². The Balaban J connectivity index is 1.93. The largest absolute Gasteiger partial charge is 0.383 e. The highest BCUT2D eigenvalue weighted by molar-refractivity contribution is 6.31. The normalized spacial score (nSPS) is 10.9. The Morgan fingerprint density at radius 1 is 1.40 bits per heavy atom. The maximum absolute atomic E-state index is 13.2. The molecule has 1 heterocycles. The first-order valence-corrected chi connectivity index (χ1v) is 8.27. The lowest BCUT2D eigenvalue weighted by Crippen LogP contribution is -2.38. The highest BCUT2D eigenvalue weighted by Crippen LogP contribution is 2.19. The van der Waals surface area contributed by atoms with Crippen LogP contribution in [0.3, 0.4) is 0 Å². The second-order valence-corrected chi connectivity index (χ2v) is 5.98. The molecule has 1 aromatic carbocycles. The van der Waals surface area contributed by atoms with Gasteiger partial charge in [0, 0.05) is 44.2 Å². The van der Waals surface area contributed by atoms with Crippen molar-refractivity contribution < 1.29 is 13.9 Å². The van der Waals surface area contributed by atoms with Gasteiger partial charge in [0.15, 0.2) is 0 Å². The summed E-state index contributed by atoms with van der Waals surface area (Å²) in [5.74, 6) is -0.496. The van der Waals surface area contributed by atoms with Crippen LogP contribution in [-0.2, 0) is 22.6 Å². The van der Waals surface area contributed by atoms with Crippen molar-refractivity contribution >= 4 is 17.5 Å². The third-order valence-corrected chi connectivity index (χ3v) is 3.95. The fourth-order valence-corrected chi connectivity index (χ4v) is 2.51. The molecule has 2 rings (SSSR count). The summed E-state index contributed by atoms with van der Waals surface area (Å²) in [5, 5.41) is 3.21. The van der Waals surface area contributed by atoms with Gasteiger partial charge in [-0.1, -0.05) is 23.7 Å². The van der Waals surface area contributed by atoms with E-state index in [0.717, 1.165) is 11.1 Å². The van der Waals surface area contributed by atoms with Crippen LogP contribution in [0.2, 0.25) is 5.02 Å². The number of halogens is 2. The zero-order valence-electron chi connectivity index (χ0n) is 14.0. The van der Waals surface area contributed by atoms with Crippen molar-refractivity contribution in [1.29, 1.82) is 0 Å². The Hall–Kier alpha value is -2.02. The Kier molecular flexibility index (Phi) is 7.78. The number of methoxy groups -OCH3 is 1. The number of nitrogens with zero attached hydrogens (tertiary/aromatic N) is 2. The summed E-state index contributed by atoms with van der Waals surface area (Å²) in [6.45, 7) is 2.08. The highest BCUT2D eigenvalue weighted by atomic mass is 35.5. The first kappa shape index (κ1) is 19.3. The summed E-state index contributed by atoms with van der Waals surface area (Å²) in [5.41, 5.74) is 1.69. The number of rotatable bonds is 9. The molecule has 134 valence electrons. The summed E-state index contributed by atoms with van der Waals surface area (Å²) >= 11 is 6.08. The lowest BCUT2D eigenvalue weighted by atomic mass is 10.2. The van der Waals surface area contributed by atoms with Gasteiger partial charge < -0.3 is 10.1 Å². The van der Waals surface area contributed by atoms with Gasteiger partial charge in [0.25, 0.3) is 0 Å². The molecule has 0 bridgehead atoms. The van der Waals surface area contributed by atoms with E-state index in [1.165, 1.54) is 12.1 Å². The van der Waals surface area contributed by atoms with Gasteiger partial charge in [-0.25, -0.2) is 4.39 Å². The molecule has 0 aliphatic heterocycles. The molecule has 0 radical (unpaired) electrons. The van der Waals surface area contributed by atoms with E-state index < -0.39 is 0 Å². The second kappa shape index (κ2) is 10.1. The molecule has 25 heavy (non-hydrogen) atoms. The van der Waals surface area contributed by atoms with Crippen LogP contribution in [-0.4, -0.2) is 42.6 Å². The minimum atomic E-state index is -0.383. The van der Waals surface area contributed by atoms with Crippen LogP contribution < -0.4 is 5.32 Å². The molecule has 2 aromatic rings. The van der Waals surface area contributed by atoms with E-state index in [1.54, 1.807) is 25.6 Å². The SMILES string of the molecule is COCCN(CC(=O)NCc1cccnc1)Cc1ccc(F)cc1Cl. The maximum atomic E-state index is 13.2. The molecule has 0 atom stereocenters. The van der Waals surface area contributed by atoms with E-state index in [1.807, 2.05) is 17.0 Å². The van der Waals surface area contributed by atoms with Crippen molar-refractivity contribution in [2.75, 3.05) is 26.8 Å². The topological polar surface area (TPSA) is 54.5 Å². The fourth-order valence-electron chi connectivity index (χ4n) is 2.29. The standard InChI is InChI=1S/C18H21ClFN3O2/c1-25-8-7-23(12-15-4-5-16(20)9-17(15)19)13-18(24)22-11-14-3-2-6-21-10-14/h2-6,9-10H,7-8,11-13H2,1H3,(H,22,24). The second-order valence-electron chi connectivity index (χ2n) is 5.58. The van der Waals surface area contributed by atoms with Crippen LogP contribution in [0.25, 0.3) is 0 Å². The van der Waals surface area contributed by atoms with Gasteiger partial charge in [-0.05, 0) is 29.3 Å². The molecule has 0 fully saturated rings. The van der Waals surface area contributed by atoms with Crippen molar-refractivity contribution in [3.8, 4) is 0 Å². The maximum Gasteiger partial charge on any atom is 0.234 e. The van der Waals surface area contributed by atoms with Gasteiger partial charge in [-0.3, -0.25) is 14.7 Å². The van der Waals surface area contributed by atoms with E-state index in [2.05, 4.69) is 10.3 Å². The molecule has 1 N–H and O–H groups in total. The summed E-state index contributed by atoms with van der Waals surface area (Å²) in [7, 11) is 1.60. The molecule has 0 saturated carbocycles. The molecule has 0 aliphatic rings. The number of ether oxygens (including phenoxy) is 1. The molecule has 1 amide bonds. The third-order valence-electron chi connectivity index (χ3n) is 3.60. The smallest absolute Gasteiger partial charge is 0.234 e. The zero-order chi connectivity index (χ0) is 18.1. The average Bonchev–Trinajstić information content (AvgIpc) is 2.61. The summed E-state index contributed by atoms with van der Waals surface area (Å²) in [4.78, 5) is 18.1. The Morgan fingerprint density at radius 2 is 2.24 bits per heavy atom. The number of pyridine rings is 1. The molecular weight excluding hydrogens is 345 g/mol. The number of hydrogen-bond acceptors (Lipinski definition) is 4. The predicted octanol–water partition coefficient (Wildman–Crippen LogP) is 2.64. The van der Waals surface area contributed by atoms with Crippen LogP contribution in [0.1, 0.15) is 11.1 Å². The van der Waals surface area contributed by atoms with Crippen molar-refractivity contribution in [1.82, 2.24) is 15.2 Å². The quantitative estimate of drug-likeness (QED) is 0.742. The Bertz CT molecular complexity index is 685. The molecule has 1 aromatic heterocycles. The fraction of sp³-hybridized carbons (Fsp3) is 0.333. The number of carbonyl (C=O) groups is 1. The Morgan fingerprint density at radius 3 is 2.92 bits per heavy atom. The van der Waals surface area contributed by atoms with Crippen molar-refractivity contribution in [3.05, 3.63) is 64.7 Å². The molecule has 0 unspecified atom stereocenters. The molecular formula is C18H21ClFN3O2. The van der Waals surface area contributed by atoms with E-state index in [4.69, 9.17) is 16.3 Å². The van der Waals surface area contributed by atoms with Crippen LogP contribution in [0.5, 0.6) is 0 Å². The molecule has 5 nitrogen and oxygen atoms in total. The number of hydrogen-bond donors (Lipinski definition) is 1. The van der Waals surface area contributed by atoms with Gasteiger partial charge >= 0.3 is 0 Å². The number of amides is 1. The van der Waals surface area contributed by atoms with Crippen molar-refractivity contribution in [3.63, 3.8) is 0 Å². The third kappa shape index (κ3) is 6.78.